The van der Waals surface area contributed by atoms with Crippen LogP contribution in [0.15, 0.2) is 94.2 Å². The summed E-state index contributed by atoms with van der Waals surface area (Å²) in [5.74, 6) is 6.76. The van der Waals surface area contributed by atoms with E-state index in [-0.39, 0.29) is 34.2 Å². The number of aliphatic hydroxyl groups excluding tert-OH is 2. The first kappa shape index (κ1) is 34.8. The van der Waals surface area contributed by atoms with Crippen molar-refractivity contribution in [2.45, 2.75) is 131 Å². The van der Waals surface area contributed by atoms with Crippen molar-refractivity contribution in [2.24, 2.45) is 10.8 Å². The molecule has 1 aliphatic heterocycles. The molecule has 0 aromatic heterocycles. The van der Waals surface area contributed by atoms with Crippen LogP contribution in [0.25, 0.3) is 0 Å². The van der Waals surface area contributed by atoms with Crippen molar-refractivity contribution in [2.75, 3.05) is 0 Å². The van der Waals surface area contributed by atoms with E-state index >= 15 is 0 Å². The molecule has 2 fully saturated rings. The Balaban J connectivity index is 1.47. The van der Waals surface area contributed by atoms with E-state index in [1.807, 2.05) is 0 Å². The summed E-state index contributed by atoms with van der Waals surface area (Å²) in [7, 11) is 0. The van der Waals surface area contributed by atoms with Crippen LogP contribution in [0.2, 0.25) is 0 Å². The van der Waals surface area contributed by atoms with Crippen LogP contribution in [-0.4, -0.2) is 33.6 Å². The molecule has 4 atom stereocenters. The predicted molar refractivity (Wildman–Crippen MR) is 182 cm³/mol. The molecule has 0 bridgehead atoms. The SMILES string of the molecule is CC1=C(C#C/C(C)=C/CC/C(C)=C/C=C/C=C(C)/C=C/C=C(C)/C=C/[C@@]23O[C@]2(C)C[C@@H](O)CC3(C)C)C(C)(C)C[C@H](O)C1. The molecule has 0 spiro atoms. The number of hydrogen-bond acceptors (Lipinski definition) is 3. The second kappa shape index (κ2) is 14.0. The van der Waals surface area contributed by atoms with Crippen LogP contribution in [0.3, 0.4) is 0 Å². The van der Waals surface area contributed by atoms with Gasteiger partial charge in [-0.1, -0.05) is 117 Å². The third kappa shape index (κ3) is 8.95. The van der Waals surface area contributed by atoms with E-state index < -0.39 is 0 Å². The number of aliphatic hydroxyl groups is 2. The fraction of sp³-hybridized carbons (Fsp3) is 0.550. The maximum absolute atomic E-state index is 10.2. The first-order valence-electron chi connectivity index (χ1n) is 16.0. The molecular weight excluding hydrogens is 528 g/mol. The Kier molecular flexibility index (Phi) is 11.3. The van der Waals surface area contributed by atoms with Gasteiger partial charge in [0.2, 0.25) is 0 Å². The molecule has 3 rings (SSSR count). The molecule has 0 unspecified atom stereocenters. The Morgan fingerprint density at radius 2 is 1.51 bits per heavy atom. The molecule has 3 aliphatic rings. The third-order valence-corrected chi connectivity index (χ3v) is 9.42. The van der Waals surface area contributed by atoms with E-state index in [9.17, 15) is 10.2 Å². The summed E-state index contributed by atoms with van der Waals surface area (Å²) in [5, 5.41) is 20.3. The molecule has 43 heavy (non-hydrogen) atoms. The Hall–Kier alpha value is -2.64. The van der Waals surface area contributed by atoms with Crippen LogP contribution in [0.1, 0.15) is 108 Å². The van der Waals surface area contributed by atoms with Crippen molar-refractivity contribution in [3.05, 3.63) is 94.2 Å². The zero-order chi connectivity index (χ0) is 32.1. The van der Waals surface area contributed by atoms with E-state index in [0.717, 1.165) is 37.7 Å². The van der Waals surface area contributed by atoms with Gasteiger partial charge in [-0.2, -0.15) is 0 Å². The lowest BCUT2D eigenvalue weighted by atomic mass is 9.63. The maximum Gasteiger partial charge on any atom is 0.121 e. The highest BCUT2D eigenvalue weighted by Crippen LogP contribution is 2.66. The number of hydrogen-bond donors (Lipinski definition) is 2. The fourth-order valence-corrected chi connectivity index (χ4v) is 7.10. The second-order valence-electron chi connectivity index (χ2n) is 14.7. The van der Waals surface area contributed by atoms with Crippen LogP contribution < -0.4 is 0 Å². The lowest BCUT2D eigenvalue weighted by Crippen LogP contribution is -2.46. The number of ether oxygens (including phenoxy) is 1. The van der Waals surface area contributed by atoms with E-state index in [4.69, 9.17) is 4.74 Å². The third-order valence-electron chi connectivity index (χ3n) is 9.42. The first-order chi connectivity index (χ1) is 20.0. The van der Waals surface area contributed by atoms with E-state index in [0.29, 0.717) is 6.42 Å². The summed E-state index contributed by atoms with van der Waals surface area (Å²) in [6, 6.07) is 0. The summed E-state index contributed by atoms with van der Waals surface area (Å²) in [5.41, 5.74) is 6.50. The molecule has 234 valence electrons. The largest absolute Gasteiger partial charge is 0.393 e. The Morgan fingerprint density at radius 3 is 2.19 bits per heavy atom. The molecule has 3 heteroatoms. The predicted octanol–water partition coefficient (Wildman–Crippen LogP) is 9.43. The zero-order valence-corrected chi connectivity index (χ0v) is 28.5. The molecule has 3 nitrogen and oxygen atoms in total. The van der Waals surface area contributed by atoms with Gasteiger partial charge in [0.15, 0.2) is 0 Å². The molecule has 0 aromatic carbocycles. The minimum atomic E-state index is -0.289. The van der Waals surface area contributed by atoms with Crippen LogP contribution in [0.4, 0.5) is 0 Å². The minimum absolute atomic E-state index is 0.0662. The highest BCUT2D eigenvalue weighted by molar-refractivity contribution is 5.44. The monoisotopic (exact) mass is 584 g/mol. The first-order valence-corrected chi connectivity index (χ1v) is 16.0. The van der Waals surface area contributed by atoms with Crippen LogP contribution in [0.5, 0.6) is 0 Å². The van der Waals surface area contributed by atoms with E-state index in [1.54, 1.807) is 0 Å². The average molecular weight is 585 g/mol. The van der Waals surface area contributed by atoms with Gasteiger partial charge in [0.1, 0.15) is 11.2 Å². The number of rotatable bonds is 9. The normalized spacial score (nSPS) is 31.5. The molecule has 2 N–H and O–H groups in total. The van der Waals surface area contributed by atoms with Crippen molar-refractivity contribution < 1.29 is 14.9 Å². The van der Waals surface area contributed by atoms with Crippen LogP contribution in [0, 0.1) is 22.7 Å². The standard InChI is InChI=1S/C40H56O3/c1-29(17-13-19-31(3)21-22-36-33(5)25-34(41)26-37(36,6)7)15-11-12-16-30(2)18-14-20-32(4)23-24-40-38(8,9)27-35(42)28-39(40,10)43-40/h11-12,14-16,18-20,23-24,34-35,41-42H,13,17,25-28H2,1-10H3/b12-11+,18-14+,24-23+,29-15+,30-16+,31-19+,32-20+/t34-,35+,39-,40+/m1/s1. The molecule has 2 aliphatic carbocycles. The number of epoxide rings is 1. The van der Waals surface area contributed by atoms with Gasteiger partial charge >= 0.3 is 0 Å². The summed E-state index contributed by atoms with van der Waals surface area (Å²) >= 11 is 0. The highest BCUT2D eigenvalue weighted by atomic mass is 16.6. The van der Waals surface area contributed by atoms with Gasteiger partial charge < -0.3 is 14.9 Å². The fourth-order valence-electron chi connectivity index (χ4n) is 7.10. The summed E-state index contributed by atoms with van der Waals surface area (Å²) in [6.07, 6.45) is 25.9. The molecule has 0 amide bonds. The Bertz CT molecular complexity index is 1340. The van der Waals surface area contributed by atoms with Gasteiger partial charge in [-0.3, -0.25) is 0 Å². The highest BCUT2D eigenvalue weighted by Gasteiger charge is 2.74. The minimum Gasteiger partial charge on any atom is -0.393 e. The number of allylic oxidation sites excluding steroid dienone is 14. The van der Waals surface area contributed by atoms with Crippen molar-refractivity contribution in [3.8, 4) is 11.8 Å². The average Bonchev–Trinajstić information content (AvgIpc) is 3.49. The van der Waals surface area contributed by atoms with Gasteiger partial charge in [-0.05, 0) is 85.3 Å². The molecule has 1 saturated carbocycles. The lowest BCUT2D eigenvalue weighted by Gasteiger charge is -2.39. The lowest BCUT2D eigenvalue weighted by molar-refractivity contribution is 0.0515. The summed E-state index contributed by atoms with van der Waals surface area (Å²) in [6.45, 7) is 21.5. The topological polar surface area (TPSA) is 53.0 Å². The van der Waals surface area contributed by atoms with Crippen molar-refractivity contribution >= 4 is 0 Å². The Morgan fingerprint density at radius 1 is 0.860 bits per heavy atom. The maximum atomic E-state index is 10.2. The van der Waals surface area contributed by atoms with Crippen LogP contribution >= 0.6 is 0 Å². The number of fused-ring (bicyclic) bond motifs is 1. The van der Waals surface area contributed by atoms with E-state index in [2.05, 4.69) is 142 Å². The van der Waals surface area contributed by atoms with Crippen LogP contribution in [-0.2, 0) is 4.74 Å². The molecule has 0 radical (unpaired) electrons. The summed E-state index contributed by atoms with van der Waals surface area (Å²) < 4.78 is 6.25. The van der Waals surface area contributed by atoms with Gasteiger partial charge in [-0.25, -0.2) is 0 Å². The van der Waals surface area contributed by atoms with Crippen molar-refractivity contribution in [1.29, 1.82) is 0 Å². The van der Waals surface area contributed by atoms with Crippen molar-refractivity contribution in [1.82, 2.24) is 0 Å². The quantitative estimate of drug-likeness (QED) is 0.161. The van der Waals surface area contributed by atoms with Gasteiger partial charge in [0, 0.05) is 22.8 Å². The van der Waals surface area contributed by atoms with E-state index in [1.165, 1.54) is 27.9 Å². The van der Waals surface area contributed by atoms with Gasteiger partial charge in [-0.15, -0.1) is 0 Å². The zero-order valence-electron chi connectivity index (χ0n) is 28.5. The smallest absolute Gasteiger partial charge is 0.121 e. The van der Waals surface area contributed by atoms with Crippen molar-refractivity contribution in [3.63, 3.8) is 0 Å². The molecule has 1 heterocycles. The molecular formula is C40H56O3. The summed E-state index contributed by atoms with van der Waals surface area (Å²) in [4.78, 5) is 0. The molecule has 0 aromatic rings. The molecule has 1 saturated heterocycles. The van der Waals surface area contributed by atoms with Gasteiger partial charge in [0.05, 0.1) is 12.2 Å². The second-order valence-corrected chi connectivity index (χ2v) is 14.7. The van der Waals surface area contributed by atoms with Gasteiger partial charge in [0.25, 0.3) is 0 Å². The Labute approximate surface area is 262 Å².